The number of nitrogens with one attached hydrogen (secondary N) is 2. The highest BCUT2D eigenvalue weighted by molar-refractivity contribution is 5.77. The lowest BCUT2D eigenvalue weighted by atomic mass is 9.93. The van der Waals surface area contributed by atoms with Gasteiger partial charge in [-0.2, -0.15) is 0 Å². The number of rotatable bonds is 4. The molecule has 0 aromatic rings. The molecule has 1 aliphatic rings. The summed E-state index contributed by atoms with van der Waals surface area (Å²) in [7, 11) is 0. The van der Waals surface area contributed by atoms with Crippen LogP contribution in [0.15, 0.2) is 0 Å². The molecule has 2 amide bonds. The first-order chi connectivity index (χ1) is 7.43. The summed E-state index contributed by atoms with van der Waals surface area (Å²) in [6.45, 7) is 3.75. The molecule has 5 nitrogen and oxygen atoms in total. The minimum absolute atomic E-state index is 0.0124. The molecular formula is C11H20N2O3. The van der Waals surface area contributed by atoms with Gasteiger partial charge in [0.05, 0.1) is 12.0 Å². The van der Waals surface area contributed by atoms with E-state index in [1.54, 1.807) is 0 Å². The van der Waals surface area contributed by atoms with E-state index in [9.17, 15) is 9.59 Å². The Hall–Kier alpha value is -1.26. The molecule has 16 heavy (non-hydrogen) atoms. The first-order valence-corrected chi connectivity index (χ1v) is 5.74. The van der Waals surface area contributed by atoms with E-state index in [2.05, 4.69) is 10.6 Å². The third-order valence-electron chi connectivity index (χ3n) is 2.85. The van der Waals surface area contributed by atoms with Gasteiger partial charge in [-0.05, 0) is 26.7 Å². The van der Waals surface area contributed by atoms with Crippen molar-refractivity contribution in [3.63, 3.8) is 0 Å². The van der Waals surface area contributed by atoms with Gasteiger partial charge in [0.15, 0.2) is 0 Å². The molecule has 0 aliphatic heterocycles. The van der Waals surface area contributed by atoms with Crippen molar-refractivity contribution in [2.45, 2.75) is 57.5 Å². The van der Waals surface area contributed by atoms with Crippen LogP contribution in [0.5, 0.6) is 0 Å². The molecule has 1 fully saturated rings. The van der Waals surface area contributed by atoms with Crippen LogP contribution < -0.4 is 10.6 Å². The van der Waals surface area contributed by atoms with Gasteiger partial charge in [-0.3, -0.25) is 4.79 Å². The van der Waals surface area contributed by atoms with Gasteiger partial charge in [0.25, 0.3) is 0 Å². The number of hydrogen-bond acceptors (Lipinski definition) is 2. The van der Waals surface area contributed by atoms with Crippen molar-refractivity contribution < 1.29 is 14.7 Å². The number of aliphatic carboxylic acids is 1. The quantitative estimate of drug-likeness (QED) is 0.682. The standard InChI is InChI=1S/C11H20N2O3/c1-8(2)12-10(16)13-11(7-9(14)15)5-3-4-6-11/h8H,3-7H2,1-2H3,(H,14,15)(H2,12,13,16). The Morgan fingerprint density at radius 1 is 1.31 bits per heavy atom. The van der Waals surface area contributed by atoms with E-state index >= 15 is 0 Å². The van der Waals surface area contributed by atoms with Crippen LogP contribution in [0.2, 0.25) is 0 Å². The smallest absolute Gasteiger partial charge is 0.315 e. The van der Waals surface area contributed by atoms with Gasteiger partial charge in [0.2, 0.25) is 0 Å². The molecule has 5 heteroatoms. The summed E-state index contributed by atoms with van der Waals surface area (Å²) in [5, 5.41) is 14.4. The van der Waals surface area contributed by atoms with Crippen LogP contribution in [-0.2, 0) is 4.79 Å². The van der Waals surface area contributed by atoms with Crippen molar-refractivity contribution in [3.05, 3.63) is 0 Å². The van der Waals surface area contributed by atoms with E-state index in [1.165, 1.54) is 0 Å². The zero-order valence-corrected chi connectivity index (χ0v) is 9.88. The number of hydrogen-bond donors (Lipinski definition) is 3. The molecule has 3 N–H and O–H groups in total. The van der Waals surface area contributed by atoms with Crippen molar-refractivity contribution in [3.8, 4) is 0 Å². The Bertz CT molecular complexity index is 270. The van der Waals surface area contributed by atoms with Crippen LogP contribution in [0.1, 0.15) is 46.0 Å². The topological polar surface area (TPSA) is 78.4 Å². The summed E-state index contributed by atoms with van der Waals surface area (Å²) >= 11 is 0. The van der Waals surface area contributed by atoms with Crippen LogP contribution in [0, 0.1) is 0 Å². The third-order valence-corrected chi connectivity index (χ3v) is 2.85. The van der Waals surface area contributed by atoms with E-state index in [0.29, 0.717) is 0 Å². The van der Waals surface area contributed by atoms with Crippen LogP contribution >= 0.6 is 0 Å². The Labute approximate surface area is 95.6 Å². The first kappa shape index (κ1) is 12.8. The number of urea groups is 1. The molecular weight excluding hydrogens is 208 g/mol. The average molecular weight is 228 g/mol. The largest absolute Gasteiger partial charge is 0.481 e. The molecule has 1 aliphatic carbocycles. The van der Waals surface area contributed by atoms with Gasteiger partial charge in [-0.15, -0.1) is 0 Å². The molecule has 1 saturated carbocycles. The SMILES string of the molecule is CC(C)NC(=O)NC1(CC(=O)O)CCCC1. The number of amides is 2. The van der Waals surface area contributed by atoms with E-state index in [4.69, 9.17) is 5.11 Å². The number of carboxylic acid groups (broad SMARTS) is 1. The number of carbonyl (C=O) groups is 2. The molecule has 0 heterocycles. The highest BCUT2D eigenvalue weighted by atomic mass is 16.4. The normalized spacial score (nSPS) is 18.4. The highest BCUT2D eigenvalue weighted by Gasteiger charge is 2.37. The molecule has 0 atom stereocenters. The maximum Gasteiger partial charge on any atom is 0.315 e. The van der Waals surface area contributed by atoms with Crippen LogP contribution in [-0.4, -0.2) is 28.7 Å². The monoisotopic (exact) mass is 228 g/mol. The van der Waals surface area contributed by atoms with Crippen molar-refractivity contribution in [1.82, 2.24) is 10.6 Å². The Balaban J connectivity index is 2.57. The van der Waals surface area contributed by atoms with E-state index in [0.717, 1.165) is 25.7 Å². The molecule has 0 bridgehead atoms. The minimum atomic E-state index is -0.855. The van der Waals surface area contributed by atoms with Gasteiger partial charge in [-0.1, -0.05) is 12.8 Å². The average Bonchev–Trinajstić information content (AvgIpc) is 2.49. The zero-order valence-electron chi connectivity index (χ0n) is 9.88. The lowest BCUT2D eigenvalue weighted by molar-refractivity contribution is -0.138. The lowest BCUT2D eigenvalue weighted by Gasteiger charge is -2.29. The fraction of sp³-hybridized carbons (Fsp3) is 0.818. The summed E-state index contributed by atoms with van der Waals surface area (Å²) in [6, 6.07) is -0.207. The predicted octanol–water partition coefficient (Wildman–Crippen LogP) is 1.48. The lowest BCUT2D eigenvalue weighted by Crippen LogP contribution is -2.52. The summed E-state index contributed by atoms with van der Waals surface area (Å²) in [6.07, 6.45) is 3.48. The molecule has 0 unspecified atom stereocenters. The summed E-state index contributed by atoms with van der Waals surface area (Å²) in [5.74, 6) is -0.855. The van der Waals surface area contributed by atoms with Crippen LogP contribution in [0.4, 0.5) is 4.79 Å². The molecule has 0 radical (unpaired) electrons. The second-order valence-electron chi connectivity index (χ2n) is 4.81. The molecule has 1 rings (SSSR count). The fourth-order valence-corrected chi connectivity index (χ4v) is 2.23. The molecule has 0 saturated heterocycles. The van der Waals surface area contributed by atoms with Gasteiger partial charge in [0.1, 0.15) is 0 Å². The first-order valence-electron chi connectivity index (χ1n) is 5.74. The van der Waals surface area contributed by atoms with Gasteiger partial charge >= 0.3 is 12.0 Å². The van der Waals surface area contributed by atoms with E-state index in [1.807, 2.05) is 13.8 Å². The third kappa shape index (κ3) is 3.72. The fourth-order valence-electron chi connectivity index (χ4n) is 2.23. The Morgan fingerprint density at radius 3 is 2.31 bits per heavy atom. The molecule has 92 valence electrons. The van der Waals surface area contributed by atoms with Gasteiger partial charge < -0.3 is 15.7 Å². The van der Waals surface area contributed by atoms with Gasteiger partial charge in [-0.25, -0.2) is 4.79 Å². The van der Waals surface area contributed by atoms with Crippen molar-refractivity contribution in [2.75, 3.05) is 0 Å². The maximum absolute atomic E-state index is 11.6. The highest BCUT2D eigenvalue weighted by Crippen LogP contribution is 2.32. The Kier molecular flexibility index (Phi) is 4.15. The summed E-state index contributed by atoms with van der Waals surface area (Å²) in [5.41, 5.74) is -0.537. The summed E-state index contributed by atoms with van der Waals surface area (Å²) < 4.78 is 0. The van der Waals surface area contributed by atoms with Gasteiger partial charge in [0, 0.05) is 6.04 Å². The predicted molar refractivity (Wildman–Crippen MR) is 60.3 cm³/mol. The molecule has 0 spiro atoms. The minimum Gasteiger partial charge on any atom is -0.481 e. The van der Waals surface area contributed by atoms with E-state index in [-0.39, 0.29) is 18.5 Å². The van der Waals surface area contributed by atoms with Crippen LogP contribution in [0.3, 0.4) is 0 Å². The maximum atomic E-state index is 11.6. The second kappa shape index (κ2) is 5.18. The zero-order chi connectivity index (χ0) is 12.2. The van der Waals surface area contributed by atoms with E-state index < -0.39 is 11.5 Å². The molecule has 0 aromatic carbocycles. The number of carboxylic acids is 1. The second-order valence-corrected chi connectivity index (χ2v) is 4.81. The van der Waals surface area contributed by atoms with Crippen LogP contribution in [0.25, 0.3) is 0 Å². The number of carbonyl (C=O) groups excluding carboxylic acids is 1. The summed E-state index contributed by atoms with van der Waals surface area (Å²) in [4.78, 5) is 22.4. The Morgan fingerprint density at radius 2 is 1.88 bits per heavy atom. The van der Waals surface area contributed by atoms with Crippen molar-refractivity contribution in [1.29, 1.82) is 0 Å². The van der Waals surface area contributed by atoms with Crippen molar-refractivity contribution in [2.24, 2.45) is 0 Å². The van der Waals surface area contributed by atoms with Crippen molar-refractivity contribution >= 4 is 12.0 Å². The molecule has 0 aromatic heterocycles.